The summed E-state index contributed by atoms with van der Waals surface area (Å²) in [7, 11) is 0. The van der Waals surface area contributed by atoms with Crippen molar-refractivity contribution in [3.8, 4) is 0 Å². The third kappa shape index (κ3) is 1.88. The van der Waals surface area contributed by atoms with Crippen LogP contribution in [0.25, 0.3) is 0 Å². The molecule has 1 aromatic rings. The van der Waals surface area contributed by atoms with Crippen molar-refractivity contribution < 1.29 is 4.39 Å². The number of hydrogen-bond donors (Lipinski definition) is 1. The Balaban J connectivity index is 3.09. The van der Waals surface area contributed by atoms with Gasteiger partial charge in [0.25, 0.3) is 0 Å². The Morgan fingerprint density at radius 3 is 2.82 bits per heavy atom. The molecule has 1 aromatic heterocycles. The molecule has 0 amide bonds. The average molecular weight is 175 g/mol. The molecular formula is C7H8ClFN2. The van der Waals surface area contributed by atoms with Crippen LogP contribution in [0.3, 0.4) is 0 Å². The van der Waals surface area contributed by atoms with Crippen molar-refractivity contribution in [1.29, 1.82) is 0 Å². The maximum absolute atomic E-state index is 12.9. The quantitative estimate of drug-likeness (QED) is 0.706. The predicted octanol–water partition coefficient (Wildman–Crippen LogP) is 1.89. The van der Waals surface area contributed by atoms with Crippen LogP contribution in [0, 0.1) is 5.82 Å². The van der Waals surface area contributed by atoms with Crippen LogP contribution in [0.5, 0.6) is 0 Å². The van der Waals surface area contributed by atoms with Crippen LogP contribution < -0.4 is 5.73 Å². The van der Waals surface area contributed by atoms with Crippen molar-refractivity contribution >= 4 is 11.6 Å². The van der Waals surface area contributed by atoms with Crippen LogP contribution in [0.4, 0.5) is 4.39 Å². The van der Waals surface area contributed by atoms with Crippen molar-refractivity contribution in [2.24, 2.45) is 5.73 Å². The molecule has 1 unspecified atom stereocenters. The van der Waals surface area contributed by atoms with E-state index in [2.05, 4.69) is 4.98 Å². The molecule has 0 aromatic carbocycles. The molecule has 60 valence electrons. The molecule has 2 N–H and O–H groups in total. The first-order valence-electron chi connectivity index (χ1n) is 3.18. The van der Waals surface area contributed by atoms with Crippen LogP contribution in [0.2, 0.25) is 5.02 Å². The minimum Gasteiger partial charge on any atom is -0.323 e. The summed E-state index contributed by atoms with van der Waals surface area (Å²) < 4.78 is 12.9. The summed E-state index contributed by atoms with van der Waals surface area (Å²) in [6.07, 6.45) is 1.38. The second-order valence-electron chi connectivity index (χ2n) is 2.31. The zero-order chi connectivity index (χ0) is 8.43. The lowest BCUT2D eigenvalue weighted by molar-refractivity contribution is 0.579. The largest absolute Gasteiger partial charge is 0.323 e. The van der Waals surface area contributed by atoms with Gasteiger partial charge in [0.1, 0.15) is 5.82 Å². The van der Waals surface area contributed by atoms with Crippen molar-refractivity contribution in [2.45, 2.75) is 13.0 Å². The minimum atomic E-state index is -0.451. The highest BCUT2D eigenvalue weighted by molar-refractivity contribution is 6.30. The number of nitrogens with zero attached hydrogens (tertiary/aromatic N) is 1. The fraction of sp³-hybridized carbons (Fsp3) is 0.286. The van der Waals surface area contributed by atoms with Crippen LogP contribution >= 0.6 is 11.6 Å². The van der Waals surface area contributed by atoms with Gasteiger partial charge in [0, 0.05) is 12.2 Å². The molecule has 0 radical (unpaired) electrons. The van der Waals surface area contributed by atoms with Gasteiger partial charge in [-0.1, -0.05) is 11.6 Å². The highest BCUT2D eigenvalue weighted by atomic mass is 35.5. The SMILES string of the molecule is CC(N)c1ncc(Cl)cc1F. The van der Waals surface area contributed by atoms with Crippen LogP contribution in [-0.4, -0.2) is 4.98 Å². The van der Waals surface area contributed by atoms with Gasteiger partial charge in [0.2, 0.25) is 0 Å². The number of pyridine rings is 1. The lowest BCUT2D eigenvalue weighted by Crippen LogP contribution is -2.09. The summed E-state index contributed by atoms with van der Waals surface area (Å²) in [5, 5.41) is 0.284. The van der Waals surface area contributed by atoms with Crippen molar-refractivity contribution in [1.82, 2.24) is 4.98 Å². The zero-order valence-corrected chi connectivity index (χ0v) is 6.77. The summed E-state index contributed by atoms with van der Waals surface area (Å²) >= 11 is 5.48. The summed E-state index contributed by atoms with van der Waals surface area (Å²) in [6, 6.07) is 0.806. The zero-order valence-electron chi connectivity index (χ0n) is 6.01. The van der Waals surface area contributed by atoms with Gasteiger partial charge in [-0.2, -0.15) is 0 Å². The molecule has 11 heavy (non-hydrogen) atoms. The molecule has 0 aliphatic carbocycles. The number of rotatable bonds is 1. The third-order valence-electron chi connectivity index (χ3n) is 1.27. The van der Waals surface area contributed by atoms with E-state index >= 15 is 0 Å². The van der Waals surface area contributed by atoms with Crippen molar-refractivity contribution in [3.63, 3.8) is 0 Å². The Morgan fingerprint density at radius 1 is 1.73 bits per heavy atom. The standard InChI is InChI=1S/C7H8ClFN2/c1-4(10)7-6(9)2-5(8)3-11-7/h2-4H,10H2,1H3. The Kier molecular flexibility index (Phi) is 2.42. The Labute approximate surface area is 69.2 Å². The van der Waals surface area contributed by atoms with Crippen LogP contribution in [0.15, 0.2) is 12.3 Å². The fourth-order valence-electron chi connectivity index (χ4n) is 0.760. The molecule has 1 atom stereocenters. The summed E-state index contributed by atoms with van der Waals surface area (Å²) in [5.41, 5.74) is 5.66. The first kappa shape index (κ1) is 8.43. The van der Waals surface area contributed by atoms with Crippen molar-refractivity contribution in [2.75, 3.05) is 0 Å². The monoisotopic (exact) mass is 174 g/mol. The highest BCUT2D eigenvalue weighted by Gasteiger charge is 2.07. The van der Waals surface area contributed by atoms with Gasteiger partial charge in [0.05, 0.1) is 10.7 Å². The van der Waals surface area contributed by atoms with Gasteiger partial charge in [-0.25, -0.2) is 4.39 Å². The topological polar surface area (TPSA) is 38.9 Å². The predicted molar refractivity (Wildman–Crippen MR) is 41.8 cm³/mol. The molecule has 0 saturated carbocycles. The molecule has 1 heterocycles. The van der Waals surface area contributed by atoms with Gasteiger partial charge in [-0.05, 0) is 13.0 Å². The lowest BCUT2D eigenvalue weighted by Gasteiger charge is -2.04. The van der Waals surface area contributed by atoms with E-state index in [1.165, 1.54) is 12.3 Å². The molecule has 0 aliphatic rings. The van der Waals surface area contributed by atoms with Crippen LogP contribution in [0.1, 0.15) is 18.7 Å². The van der Waals surface area contributed by atoms with E-state index in [9.17, 15) is 4.39 Å². The second-order valence-corrected chi connectivity index (χ2v) is 2.75. The number of hydrogen-bond acceptors (Lipinski definition) is 2. The fourth-order valence-corrected chi connectivity index (χ4v) is 0.905. The van der Waals surface area contributed by atoms with Gasteiger partial charge in [-0.3, -0.25) is 4.98 Å². The molecule has 2 nitrogen and oxygen atoms in total. The third-order valence-corrected chi connectivity index (χ3v) is 1.47. The van der Waals surface area contributed by atoms with Gasteiger partial charge in [-0.15, -0.1) is 0 Å². The minimum absolute atomic E-state index is 0.245. The summed E-state index contributed by atoms with van der Waals surface area (Å²) in [4.78, 5) is 3.75. The molecular weight excluding hydrogens is 167 g/mol. The molecule has 0 saturated heterocycles. The van der Waals surface area contributed by atoms with Gasteiger partial charge >= 0.3 is 0 Å². The molecule has 0 spiro atoms. The molecule has 1 rings (SSSR count). The van der Waals surface area contributed by atoms with E-state index in [-0.39, 0.29) is 10.7 Å². The smallest absolute Gasteiger partial charge is 0.147 e. The highest BCUT2D eigenvalue weighted by Crippen LogP contribution is 2.15. The van der Waals surface area contributed by atoms with E-state index in [1.54, 1.807) is 6.92 Å². The summed E-state index contributed by atoms with van der Waals surface area (Å²) in [6.45, 7) is 1.67. The first-order valence-corrected chi connectivity index (χ1v) is 3.55. The van der Waals surface area contributed by atoms with E-state index < -0.39 is 11.9 Å². The van der Waals surface area contributed by atoms with Gasteiger partial charge < -0.3 is 5.73 Å². The molecule has 4 heteroatoms. The van der Waals surface area contributed by atoms with Crippen molar-refractivity contribution in [3.05, 3.63) is 28.8 Å². The molecule has 0 bridgehead atoms. The molecule has 0 fully saturated rings. The number of halogens is 2. The van der Waals surface area contributed by atoms with Gasteiger partial charge in [0.15, 0.2) is 0 Å². The number of aromatic nitrogens is 1. The maximum atomic E-state index is 12.9. The normalized spacial score (nSPS) is 13.1. The molecule has 0 aliphatic heterocycles. The van der Waals surface area contributed by atoms with E-state index in [1.807, 2.05) is 0 Å². The lowest BCUT2D eigenvalue weighted by atomic mass is 10.2. The van der Waals surface area contributed by atoms with E-state index in [0.717, 1.165) is 0 Å². The number of nitrogens with two attached hydrogens (primary N) is 1. The van der Waals surface area contributed by atoms with E-state index in [4.69, 9.17) is 17.3 Å². The second kappa shape index (κ2) is 3.15. The summed E-state index contributed by atoms with van der Waals surface area (Å²) in [5.74, 6) is -0.451. The van der Waals surface area contributed by atoms with Crippen LogP contribution in [-0.2, 0) is 0 Å². The maximum Gasteiger partial charge on any atom is 0.147 e. The van der Waals surface area contributed by atoms with E-state index in [0.29, 0.717) is 0 Å². The Hall–Kier alpha value is -0.670. The first-order chi connectivity index (χ1) is 5.11. The Bertz CT molecular complexity index is 263. The Morgan fingerprint density at radius 2 is 2.36 bits per heavy atom. The average Bonchev–Trinajstić information content (AvgIpc) is 1.85.